The van der Waals surface area contributed by atoms with Gasteiger partial charge in [-0.25, -0.2) is 17.6 Å². The van der Waals surface area contributed by atoms with Gasteiger partial charge in [0, 0.05) is 12.1 Å². The van der Waals surface area contributed by atoms with Gasteiger partial charge in [-0.2, -0.15) is 5.10 Å². The first-order valence-corrected chi connectivity index (χ1v) is 5.77. The Morgan fingerprint density at radius 2 is 1.68 bits per heavy atom. The van der Waals surface area contributed by atoms with Gasteiger partial charge in [0.15, 0.2) is 23.3 Å². The molecule has 0 atom stereocenters. The van der Waals surface area contributed by atoms with Crippen molar-refractivity contribution < 1.29 is 22.5 Å². The van der Waals surface area contributed by atoms with Crippen LogP contribution in [0.5, 0.6) is 0 Å². The van der Waals surface area contributed by atoms with Crippen LogP contribution in [0.2, 0.25) is 0 Å². The number of rotatable bonds is 4. The van der Waals surface area contributed by atoms with E-state index >= 15 is 0 Å². The molecule has 0 fully saturated rings. The quantitative estimate of drug-likeness (QED) is 0.308. The minimum atomic E-state index is -1.65. The second-order valence-electron chi connectivity index (χ2n) is 4.03. The molecule has 0 spiro atoms. The topological polar surface area (TPSA) is 67.5 Å². The molecule has 1 N–H and O–H groups in total. The van der Waals surface area contributed by atoms with Crippen LogP contribution in [0.3, 0.4) is 0 Å². The van der Waals surface area contributed by atoms with Crippen LogP contribution in [0.4, 0.5) is 28.9 Å². The first-order chi connectivity index (χ1) is 10.4. The Bertz CT molecular complexity index is 739. The Labute approximate surface area is 121 Å². The number of nitrogens with one attached hydrogen (secondary N) is 1. The minimum absolute atomic E-state index is 0.0395. The molecule has 9 heteroatoms. The number of halogens is 4. The summed E-state index contributed by atoms with van der Waals surface area (Å²) in [6.07, 6.45) is 0.903. The molecule has 0 heterocycles. The molecule has 0 aromatic heterocycles. The molecule has 0 radical (unpaired) electrons. The monoisotopic (exact) mass is 313 g/mol. The van der Waals surface area contributed by atoms with Crippen molar-refractivity contribution >= 4 is 17.6 Å². The van der Waals surface area contributed by atoms with Crippen molar-refractivity contribution in [3.63, 3.8) is 0 Å². The highest BCUT2D eigenvalue weighted by atomic mass is 19.2. The summed E-state index contributed by atoms with van der Waals surface area (Å²) >= 11 is 0. The third-order valence-electron chi connectivity index (χ3n) is 2.63. The van der Waals surface area contributed by atoms with Gasteiger partial charge in [0.1, 0.15) is 5.69 Å². The molecule has 0 saturated heterocycles. The zero-order valence-corrected chi connectivity index (χ0v) is 10.7. The molecular weight excluding hydrogens is 306 g/mol. The smallest absolute Gasteiger partial charge is 0.272 e. The van der Waals surface area contributed by atoms with Gasteiger partial charge in [-0.3, -0.25) is 15.5 Å². The van der Waals surface area contributed by atoms with Crippen molar-refractivity contribution in [2.24, 2.45) is 5.10 Å². The number of hydrogen-bond acceptors (Lipinski definition) is 4. The summed E-state index contributed by atoms with van der Waals surface area (Å²) in [7, 11) is 0. The van der Waals surface area contributed by atoms with Crippen LogP contribution in [-0.4, -0.2) is 11.1 Å². The number of nitrogens with zero attached hydrogens (tertiary/aromatic N) is 2. The van der Waals surface area contributed by atoms with Crippen molar-refractivity contribution in [1.82, 2.24) is 0 Å². The maximum atomic E-state index is 13.3. The zero-order chi connectivity index (χ0) is 16.3. The lowest BCUT2D eigenvalue weighted by Gasteiger charge is -2.05. The van der Waals surface area contributed by atoms with Gasteiger partial charge in [-0.1, -0.05) is 12.1 Å². The van der Waals surface area contributed by atoms with Crippen LogP contribution in [0.15, 0.2) is 35.4 Å². The highest BCUT2D eigenvalue weighted by Gasteiger charge is 2.18. The lowest BCUT2D eigenvalue weighted by molar-refractivity contribution is -0.385. The van der Waals surface area contributed by atoms with Crippen molar-refractivity contribution in [1.29, 1.82) is 0 Å². The highest BCUT2D eigenvalue weighted by Crippen LogP contribution is 2.24. The number of benzene rings is 2. The van der Waals surface area contributed by atoms with E-state index in [1.807, 2.05) is 0 Å². The number of nitro groups is 1. The van der Waals surface area contributed by atoms with Gasteiger partial charge in [0.05, 0.1) is 16.7 Å². The van der Waals surface area contributed by atoms with Crippen LogP contribution < -0.4 is 5.43 Å². The molecule has 114 valence electrons. The summed E-state index contributed by atoms with van der Waals surface area (Å²) in [5, 5.41) is 14.1. The third-order valence-corrected chi connectivity index (χ3v) is 2.63. The fraction of sp³-hybridized carbons (Fsp3) is 0. The number of anilines is 1. The number of hydrogen-bond donors (Lipinski definition) is 1. The third kappa shape index (κ3) is 3.03. The van der Waals surface area contributed by atoms with E-state index in [0.29, 0.717) is 0 Å². The minimum Gasteiger partial charge on any atom is -0.272 e. The van der Waals surface area contributed by atoms with Crippen molar-refractivity contribution in [2.45, 2.75) is 0 Å². The zero-order valence-electron chi connectivity index (χ0n) is 10.7. The average Bonchev–Trinajstić information content (AvgIpc) is 2.49. The first-order valence-electron chi connectivity index (χ1n) is 5.77. The number of nitro benzene ring substituents is 1. The molecule has 0 unspecified atom stereocenters. The molecule has 0 aliphatic heterocycles. The standard InChI is InChI=1S/C13H7F4N3O2/c14-8-5-9(15)12(17)13(11(8)16)19-18-6-7-3-1-2-4-10(7)20(21)22/h1-6,19H. The van der Waals surface area contributed by atoms with E-state index in [9.17, 15) is 27.7 Å². The summed E-state index contributed by atoms with van der Waals surface area (Å²) in [4.78, 5) is 10.1. The van der Waals surface area contributed by atoms with Crippen LogP contribution in [-0.2, 0) is 0 Å². The molecule has 0 aliphatic rings. The van der Waals surface area contributed by atoms with Crippen molar-refractivity contribution in [3.8, 4) is 0 Å². The Morgan fingerprint density at radius 3 is 2.27 bits per heavy atom. The summed E-state index contributed by atoms with van der Waals surface area (Å²) < 4.78 is 52.7. The van der Waals surface area contributed by atoms with E-state index in [-0.39, 0.29) is 17.3 Å². The molecule has 0 aliphatic carbocycles. The molecule has 2 aromatic carbocycles. The molecule has 2 rings (SSSR count). The summed E-state index contributed by atoms with van der Waals surface area (Å²) in [6, 6.07) is 5.50. The summed E-state index contributed by atoms with van der Waals surface area (Å²) in [5.41, 5.74) is 0.410. The lowest BCUT2D eigenvalue weighted by atomic mass is 10.2. The van der Waals surface area contributed by atoms with Crippen molar-refractivity contribution in [3.05, 3.63) is 69.3 Å². The second kappa shape index (κ2) is 6.20. The van der Waals surface area contributed by atoms with Crippen LogP contribution in [0.1, 0.15) is 5.56 Å². The van der Waals surface area contributed by atoms with Gasteiger partial charge < -0.3 is 0 Å². The predicted octanol–water partition coefficient (Wildman–Crippen LogP) is 3.60. The Morgan fingerprint density at radius 1 is 1.09 bits per heavy atom. The molecule has 0 bridgehead atoms. The van der Waals surface area contributed by atoms with Gasteiger partial charge in [-0.05, 0) is 6.07 Å². The Hall–Kier alpha value is -2.97. The van der Waals surface area contributed by atoms with Crippen molar-refractivity contribution in [2.75, 3.05) is 5.43 Å². The van der Waals surface area contributed by atoms with Crippen LogP contribution >= 0.6 is 0 Å². The van der Waals surface area contributed by atoms with Crippen LogP contribution in [0.25, 0.3) is 0 Å². The Kier molecular flexibility index (Phi) is 4.35. The average molecular weight is 313 g/mol. The molecule has 0 amide bonds. The molecule has 0 saturated carbocycles. The largest absolute Gasteiger partial charge is 0.278 e. The fourth-order valence-corrected chi connectivity index (χ4v) is 1.60. The second-order valence-corrected chi connectivity index (χ2v) is 4.03. The van der Waals surface area contributed by atoms with E-state index in [1.165, 1.54) is 24.3 Å². The van der Waals surface area contributed by atoms with Gasteiger partial charge >= 0.3 is 0 Å². The maximum absolute atomic E-state index is 13.3. The lowest BCUT2D eigenvalue weighted by Crippen LogP contribution is -2.03. The molecule has 2 aromatic rings. The van der Waals surface area contributed by atoms with E-state index in [4.69, 9.17) is 0 Å². The van der Waals surface area contributed by atoms with E-state index in [1.54, 1.807) is 5.43 Å². The SMILES string of the molecule is O=[N+]([O-])c1ccccc1C=NNc1c(F)c(F)cc(F)c1F. The first kappa shape index (κ1) is 15.4. The molecule has 5 nitrogen and oxygen atoms in total. The van der Waals surface area contributed by atoms with Gasteiger partial charge in [-0.15, -0.1) is 0 Å². The van der Waals surface area contributed by atoms with E-state index in [0.717, 1.165) is 6.21 Å². The number of hydrazone groups is 1. The summed E-state index contributed by atoms with van der Waals surface area (Å²) in [5.74, 6) is -6.50. The van der Waals surface area contributed by atoms with Gasteiger partial charge in [0.2, 0.25) is 0 Å². The van der Waals surface area contributed by atoms with Gasteiger partial charge in [0.25, 0.3) is 5.69 Å². The fourth-order valence-electron chi connectivity index (χ4n) is 1.60. The normalized spacial score (nSPS) is 10.9. The van der Waals surface area contributed by atoms with E-state index < -0.39 is 33.9 Å². The highest BCUT2D eigenvalue weighted by molar-refractivity contribution is 5.85. The Balaban J connectivity index is 2.30. The molecular formula is C13H7F4N3O2. The summed E-state index contributed by atoms with van der Waals surface area (Å²) in [6.45, 7) is 0. The number of para-hydroxylation sites is 1. The van der Waals surface area contributed by atoms with E-state index in [2.05, 4.69) is 5.10 Å². The van der Waals surface area contributed by atoms with Crippen LogP contribution in [0, 0.1) is 33.4 Å². The molecule has 22 heavy (non-hydrogen) atoms. The predicted molar refractivity (Wildman–Crippen MR) is 70.6 cm³/mol. The maximum Gasteiger partial charge on any atom is 0.278 e.